The maximum absolute atomic E-state index is 12.3. The quantitative estimate of drug-likeness (QED) is 0.139. The van der Waals surface area contributed by atoms with Crippen LogP contribution < -0.4 is 4.74 Å². The molecule has 0 fully saturated rings. The Kier molecular flexibility index (Phi) is 6.03. The SMILES string of the molecule is N#C/C(=C/c1cccc(OC(=O)c2ccc([N+](=O)[O-])cc2)c1)c1ccc(Cl)cc1. The van der Waals surface area contributed by atoms with Gasteiger partial charge in [0.15, 0.2) is 0 Å². The number of carbonyl (C=O) groups excluding carboxylic acids is 1. The van der Waals surface area contributed by atoms with Crippen molar-refractivity contribution >= 4 is 34.9 Å². The molecule has 0 bridgehead atoms. The fourth-order valence-electron chi connectivity index (χ4n) is 2.53. The van der Waals surface area contributed by atoms with Gasteiger partial charge in [-0.1, -0.05) is 35.9 Å². The molecule has 0 aromatic heterocycles. The average molecular weight is 405 g/mol. The zero-order valence-electron chi connectivity index (χ0n) is 14.9. The maximum Gasteiger partial charge on any atom is 0.343 e. The number of ether oxygens (including phenoxy) is 1. The molecule has 0 radical (unpaired) electrons. The van der Waals surface area contributed by atoms with Crippen molar-refractivity contribution in [2.45, 2.75) is 0 Å². The Bertz CT molecular complexity index is 1130. The lowest BCUT2D eigenvalue weighted by Crippen LogP contribution is -2.08. The number of hydrogen-bond donors (Lipinski definition) is 0. The Morgan fingerprint density at radius 2 is 1.69 bits per heavy atom. The minimum Gasteiger partial charge on any atom is -0.423 e. The number of carbonyl (C=O) groups is 1. The molecule has 6 nitrogen and oxygen atoms in total. The lowest BCUT2D eigenvalue weighted by Gasteiger charge is -2.06. The van der Waals surface area contributed by atoms with Gasteiger partial charge in [-0.05, 0) is 53.6 Å². The van der Waals surface area contributed by atoms with Gasteiger partial charge in [0.2, 0.25) is 0 Å². The number of non-ortho nitro benzene ring substituents is 1. The van der Waals surface area contributed by atoms with Crippen molar-refractivity contribution < 1.29 is 14.5 Å². The predicted molar refractivity (Wildman–Crippen MR) is 109 cm³/mol. The zero-order chi connectivity index (χ0) is 20.8. The maximum atomic E-state index is 12.3. The van der Waals surface area contributed by atoms with E-state index in [0.717, 1.165) is 0 Å². The molecule has 7 heteroatoms. The third kappa shape index (κ3) is 5.06. The van der Waals surface area contributed by atoms with E-state index >= 15 is 0 Å². The van der Waals surface area contributed by atoms with E-state index in [0.29, 0.717) is 21.7 Å². The Hall–Kier alpha value is -3.95. The van der Waals surface area contributed by atoms with E-state index in [1.54, 1.807) is 54.6 Å². The summed E-state index contributed by atoms with van der Waals surface area (Å²) in [5.74, 6) is -0.352. The summed E-state index contributed by atoms with van der Waals surface area (Å²) in [5, 5.41) is 20.7. The van der Waals surface area contributed by atoms with Crippen LogP contribution in [0.2, 0.25) is 5.02 Å². The van der Waals surface area contributed by atoms with Gasteiger partial charge in [-0.25, -0.2) is 4.79 Å². The van der Waals surface area contributed by atoms with Crippen LogP contribution in [0.1, 0.15) is 21.5 Å². The monoisotopic (exact) mass is 404 g/mol. The number of nitriles is 1. The second-order valence-corrected chi connectivity index (χ2v) is 6.38. The Morgan fingerprint density at radius 1 is 1.03 bits per heavy atom. The van der Waals surface area contributed by atoms with Crippen LogP contribution in [-0.2, 0) is 0 Å². The minimum atomic E-state index is -0.640. The van der Waals surface area contributed by atoms with Crippen LogP contribution in [0, 0.1) is 21.4 Å². The minimum absolute atomic E-state index is 0.111. The number of benzene rings is 3. The molecular formula is C22H13ClN2O4. The van der Waals surface area contributed by atoms with Crippen molar-refractivity contribution in [3.8, 4) is 11.8 Å². The van der Waals surface area contributed by atoms with Crippen molar-refractivity contribution in [2.75, 3.05) is 0 Å². The first-order valence-corrected chi connectivity index (χ1v) is 8.78. The van der Waals surface area contributed by atoms with Gasteiger partial charge < -0.3 is 4.74 Å². The summed E-state index contributed by atoms with van der Waals surface area (Å²) < 4.78 is 5.34. The van der Waals surface area contributed by atoms with E-state index in [1.807, 2.05) is 0 Å². The van der Waals surface area contributed by atoms with Crippen LogP contribution in [0.4, 0.5) is 5.69 Å². The second-order valence-electron chi connectivity index (χ2n) is 5.94. The van der Waals surface area contributed by atoms with Gasteiger partial charge in [-0.2, -0.15) is 5.26 Å². The van der Waals surface area contributed by atoms with Crippen LogP contribution >= 0.6 is 11.6 Å². The molecular weight excluding hydrogens is 392 g/mol. The van der Waals surface area contributed by atoms with E-state index in [9.17, 15) is 20.2 Å². The van der Waals surface area contributed by atoms with Crippen molar-refractivity contribution in [3.63, 3.8) is 0 Å². The molecule has 0 aliphatic carbocycles. The first kappa shape index (κ1) is 19.8. The molecule has 0 heterocycles. The fraction of sp³-hybridized carbons (Fsp3) is 0. The molecule has 0 N–H and O–H groups in total. The zero-order valence-corrected chi connectivity index (χ0v) is 15.7. The highest BCUT2D eigenvalue weighted by Gasteiger charge is 2.12. The van der Waals surface area contributed by atoms with Gasteiger partial charge in [0, 0.05) is 17.2 Å². The standard InChI is InChI=1S/C22H13ClN2O4/c23-19-8-4-16(5-9-19)18(14-24)12-15-2-1-3-21(13-15)29-22(26)17-6-10-20(11-7-17)25(27)28/h1-13H/b18-12-. The molecule has 0 saturated carbocycles. The topological polar surface area (TPSA) is 93.2 Å². The molecule has 0 spiro atoms. The molecule has 0 amide bonds. The second kappa shape index (κ2) is 8.83. The van der Waals surface area contributed by atoms with Gasteiger partial charge in [0.05, 0.1) is 22.1 Å². The van der Waals surface area contributed by atoms with E-state index in [4.69, 9.17) is 16.3 Å². The number of nitrogens with zero attached hydrogens (tertiary/aromatic N) is 2. The van der Waals surface area contributed by atoms with Crippen LogP contribution in [-0.4, -0.2) is 10.9 Å². The molecule has 0 aliphatic rings. The van der Waals surface area contributed by atoms with Gasteiger partial charge in [-0.3, -0.25) is 10.1 Å². The number of allylic oxidation sites excluding steroid dienone is 1. The predicted octanol–water partition coefficient (Wildman–Crippen LogP) is 5.53. The largest absolute Gasteiger partial charge is 0.423 e. The molecule has 3 rings (SSSR count). The summed E-state index contributed by atoms with van der Waals surface area (Å²) in [6.45, 7) is 0. The molecule has 0 aliphatic heterocycles. The number of hydrogen-bond acceptors (Lipinski definition) is 5. The highest BCUT2D eigenvalue weighted by molar-refractivity contribution is 6.30. The van der Waals surface area contributed by atoms with E-state index < -0.39 is 10.9 Å². The summed E-state index contributed by atoms with van der Waals surface area (Å²) in [5.41, 5.74) is 1.89. The molecule has 0 atom stereocenters. The summed E-state index contributed by atoms with van der Waals surface area (Å²) in [7, 11) is 0. The van der Waals surface area contributed by atoms with Crippen LogP contribution in [0.15, 0.2) is 72.8 Å². The Balaban J connectivity index is 1.80. The number of halogens is 1. The highest BCUT2D eigenvalue weighted by Crippen LogP contribution is 2.23. The first-order valence-electron chi connectivity index (χ1n) is 8.41. The normalized spacial score (nSPS) is 10.8. The number of nitro groups is 1. The number of rotatable bonds is 5. The van der Waals surface area contributed by atoms with E-state index in [1.165, 1.54) is 24.3 Å². The lowest BCUT2D eigenvalue weighted by atomic mass is 10.0. The summed E-state index contributed by atoms with van der Waals surface area (Å²) in [6, 6.07) is 20.9. The number of nitro benzene ring substituents is 1. The molecule has 142 valence electrons. The third-order valence-corrected chi connectivity index (χ3v) is 4.22. The fourth-order valence-corrected chi connectivity index (χ4v) is 2.66. The van der Waals surface area contributed by atoms with Crippen molar-refractivity contribution in [2.24, 2.45) is 0 Å². The van der Waals surface area contributed by atoms with Gasteiger partial charge in [0.1, 0.15) is 5.75 Å². The van der Waals surface area contributed by atoms with Gasteiger partial charge in [-0.15, -0.1) is 0 Å². The van der Waals surface area contributed by atoms with Crippen LogP contribution in [0.3, 0.4) is 0 Å². The van der Waals surface area contributed by atoms with Crippen LogP contribution in [0.5, 0.6) is 5.75 Å². The van der Waals surface area contributed by atoms with Gasteiger partial charge in [0.25, 0.3) is 5.69 Å². The highest BCUT2D eigenvalue weighted by atomic mass is 35.5. The lowest BCUT2D eigenvalue weighted by molar-refractivity contribution is -0.384. The Labute approximate surface area is 171 Å². The average Bonchev–Trinajstić information content (AvgIpc) is 2.73. The third-order valence-electron chi connectivity index (χ3n) is 3.97. The molecule has 29 heavy (non-hydrogen) atoms. The number of esters is 1. The molecule has 3 aromatic rings. The van der Waals surface area contributed by atoms with Gasteiger partial charge >= 0.3 is 5.97 Å². The van der Waals surface area contributed by atoms with E-state index in [2.05, 4.69) is 6.07 Å². The molecule has 0 saturated heterocycles. The molecule has 3 aromatic carbocycles. The van der Waals surface area contributed by atoms with Crippen molar-refractivity contribution in [1.29, 1.82) is 5.26 Å². The van der Waals surface area contributed by atoms with Crippen molar-refractivity contribution in [3.05, 3.63) is 105 Å². The smallest absolute Gasteiger partial charge is 0.343 e. The summed E-state index contributed by atoms with van der Waals surface area (Å²) in [6.07, 6.45) is 1.67. The Morgan fingerprint density at radius 3 is 2.31 bits per heavy atom. The first-order chi connectivity index (χ1) is 14.0. The van der Waals surface area contributed by atoms with E-state index in [-0.39, 0.29) is 17.0 Å². The van der Waals surface area contributed by atoms with Crippen LogP contribution in [0.25, 0.3) is 11.6 Å². The summed E-state index contributed by atoms with van der Waals surface area (Å²) >= 11 is 5.88. The van der Waals surface area contributed by atoms with Crippen molar-refractivity contribution in [1.82, 2.24) is 0 Å². The summed E-state index contributed by atoms with van der Waals surface area (Å²) in [4.78, 5) is 22.4. The molecule has 0 unspecified atom stereocenters.